The summed E-state index contributed by atoms with van der Waals surface area (Å²) in [5.41, 5.74) is 7.68. The first-order chi connectivity index (χ1) is 6.27. The summed E-state index contributed by atoms with van der Waals surface area (Å²) in [5, 5.41) is 2.06. The molecule has 13 heavy (non-hydrogen) atoms. The molecule has 0 atom stereocenters. The van der Waals surface area contributed by atoms with Crippen LogP contribution in [0.5, 0.6) is 0 Å². The van der Waals surface area contributed by atoms with Crippen LogP contribution in [0.25, 0.3) is 10.4 Å². The number of hydrogen-bond acceptors (Lipinski definition) is 2. The Morgan fingerprint density at radius 1 is 1.23 bits per heavy atom. The Labute approximate surface area is 89.3 Å². The third kappa shape index (κ3) is 1.76. The molecule has 0 aliphatic rings. The molecule has 2 N–H and O–H groups in total. The Bertz CT molecular complexity index is 409. The minimum Gasteiger partial charge on any atom is -0.399 e. The minimum atomic E-state index is 0.798. The standard InChI is InChI=1S/C10H8BrNS/c11-9-4-3-7(12)6-8(9)10-2-1-5-13-10/h1-6H,12H2. The Kier molecular flexibility index (Phi) is 2.38. The Morgan fingerprint density at radius 2 is 2.08 bits per heavy atom. The van der Waals surface area contributed by atoms with Crippen molar-refractivity contribution in [2.45, 2.75) is 0 Å². The van der Waals surface area contributed by atoms with E-state index >= 15 is 0 Å². The summed E-state index contributed by atoms with van der Waals surface area (Å²) >= 11 is 5.22. The average Bonchev–Trinajstić information content (AvgIpc) is 2.61. The maximum atomic E-state index is 5.72. The molecule has 1 aromatic carbocycles. The van der Waals surface area contributed by atoms with Gasteiger partial charge >= 0.3 is 0 Å². The van der Waals surface area contributed by atoms with Gasteiger partial charge in [0.1, 0.15) is 0 Å². The minimum absolute atomic E-state index is 0.798. The zero-order chi connectivity index (χ0) is 9.26. The van der Waals surface area contributed by atoms with Gasteiger partial charge < -0.3 is 5.73 Å². The number of hydrogen-bond donors (Lipinski definition) is 1. The van der Waals surface area contributed by atoms with E-state index in [-0.39, 0.29) is 0 Å². The van der Waals surface area contributed by atoms with Crippen molar-refractivity contribution in [1.29, 1.82) is 0 Å². The number of rotatable bonds is 1. The van der Waals surface area contributed by atoms with Gasteiger partial charge in [-0.25, -0.2) is 0 Å². The van der Waals surface area contributed by atoms with Gasteiger partial charge in [-0.3, -0.25) is 0 Å². The van der Waals surface area contributed by atoms with Crippen LogP contribution in [-0.2, 0) is 0 Å². The maximum Gasteiger partial charge on any atom is 0.0354 e. The molecular formula is C10H8BrNS. The molecule has 0 saturated heterocycles. The van der Waals surface area contributed by atoms with Gasteiger partial charge in [0.25, 0.3) is 0 Å². The molecule has 0 amide bonds. The largest absolute Gasteiger partial charge is 0.399 e. The molecule has 1 aromatic heterocycles. The summed E-state index contributed by atoms with van der Waals surface area (Å²) in [6, 6.07) is 9.97. The molecule has 2 rings (SSSR count). The van der Waals surface area contributed by atoms with Gasteiger partial charge in [0.15, 0.2) is 0 Å². The SMILES string of the molecule is Nc1ccc(Br)c(-c2cccs2)c1. The summed E-state index contributed by atoms with van der Waals surface area (Å²) in [5.74, 6) is 0. The average molecular weight is 254 g/mol. The molecule has 3 heteroatoms. The molecule has 0 radical (unpaired) electrons. The van der Waals surface area contributed by atoms with Crippen molar-refractivity contribution in [2.24, 2.45) is 0 Å². The Balaban J connectivity index is 2.57. The smallest absolute Gasteiger partial charge is 0.0354 e. The molecule has 0 bridgehead atoms. The van der Waals surface area contributed by atoms with Crippen LogP contribution in [0.15, 0.2) is 40.2 Å². The molecular weight excluding hydrogens is 246 g/mol. The van der Waals surface area contributed by atoms with Crippen LogP contribution >= 0.6 is 27.3 Å². The molecule has 0 fully saturated rings. The van der Waals surface area contributed by atoms with Crippen LogP contribution in [0, 0.1) is 0 Å². The molecule has 1 nitrogen and oxygen atoms in total. The topological polar surface area (TPSA) is 26.0 Å². The van der Waals surface area contributed by atoms with E-state index in [9.17, 15) is 0 Å². The van der Waals surface area contributed by atoms with E-state index in [4.69, 9.17) is 5.73 Å². The third-order valence-electron chi connectivity index (χ3n) is 1.78. The molecule has 2 aromatic rings. The number of benzene rings is 1. The van der Waals surface area contributed by atoms with Crippen molar-refractivity contribution in [1.82, 2.24) is 0 Å². The van der Waals surface area contributed by atoms with Gasteiger partial charge in [0.05, 0.1) is 0 Å². The molecule has 0 saturated carbocycles. The first-order valence-electron chi connectivity index (χ1n) is 3.86. The second-order valence-corrected chi connectivity index (χ2v) is 4.52. The zero-order valence-electron chi connectivity index (χ0n) is 6.83. The van der Waals surface area contributed by atoms with E-state index in [0.29, 0.717) is 0 Å². The van der Waals surface area contributed by atoms with Crippen molar-refractivity contribution < 1.29 is 0 Å². The molecule has 66 valence electrons. The number of nitrogens with two attached hydrogens (primary N) is 1. The number of halogens is 1. The van der Waals surface area contributed by atoms with Crippen LogP contribution in [-0.4, -0.2) is 0 Å². The fraction of sp³-hybridized carbons (Fsp3) is 0. The highest BCUT2D eigenvalue weighted by atomic mass is 79.9. The second kappa shape index (κ2) is 3.52. The van der Waals surface area contributed by atoms with Gasteiger partial charge in [0, 0.05) is 20.6 Å². The highest BCUT2D eigenvalue weighted by Crippen LogP contribution is 2.32. The molecule has 0 aliphatic heterocycles. The summed E-state index contributed by atoms with van der Waals surface area (Å²) in [6.45, 7) is 0. The Morgan fingerprint density at radius 3 is 2.77 bits per heavy atom. The van der Waals surface area contributed by atoms with Crippen LogP contribution in [0.4, 0.5) is 5.69 Å². The van der Waals surface area contributed by atoms with Crippen LogP contribution in [0.1, 0.15) is 0 Å². The molecule has 0 unspecified atom stereocenters. The maximum absolute atomic E-state index is 5.72. The van der Waals surface area contributed by atoms with E-state index < -0.39 is 0 Å². The van der Waals surface area contributed by atoms with Gasteiger partial charge in [-0.15, -0.1) is 11.3 Å². The highest BCUT2D eigenvalue weighted by Gasteiger charge is 2.03. The van der Waals surface area contributed by atoms with Crippen molar-refractivity contribution in [3.8, 4) is 10.4 Å². The van der Waals surface area contributed by atoms with E-state index in [1.54, 1.807) is 11.3 Å². The lowest BCUT2D eigenvalue weighted by Crippen LogP contribution is -1.85. The van der Waals surface area contributed by atoms with E-state index in [0.717, 1.165) is 15.7 Å². The van der Waals surface area contributed by atoms with Crippen molar-refractivity contribution in [2.75, 3.05) is 5.73 Å². The third-order valence-corrected chi connectivity index (χ3v) is 3.37. The van der Waals surface area contributed by atoms with E-state index in [1.165, 1.54) is 4.88 Å². The van der Waals surface area contributed by atoms with Gasteiger partial charge in [-0.2, -0.15) is 0 Å². The fourth-order valence-electron chi connectivity index (χ4n) is 1.16. The van der Waals surface area contributed by atoms with Crippen molar-refractivity contribution in [3.63, 3.8) is 0 Å². The summed E-state index contributed by atoms with van der Waals surface area (Å²) in [4.78, 5) is 1.24. The monoisotopic (exact) mass is 253 g/mol. The quantitative estimate of drug-likeness (QED) is 0.770. The van der Waals surface area contributed by atoms with Crippen LogP contribution in [0.3, 0.4) is 0 Å². The lowest BCUT2D eigenvalue weighted by Gasteiger charge is -2.02. The predicted molar refractivity (Wildman–Crippen MR) is 61.9 cm³/mol. The lowest BCUT2D eigenvalue weighted by molar-refractivity contribution is 1.63. The number of anilines is 1. The first kappa shape index (κ1) is 8.78. The van der Waals surface area contributed by atoms with Gasteiger partial charge in [-0.1, -0.05) is 22.0 Å². The van der Waals surface area contributed by atoms with Gasteiger partial charge in [0.2, 0.25) is 0 Å². The molecule has 0 aliphatic carbocycles. The summed E-state index contributed by atoms with van der Waals surface area (Å²) < 4.78 is 1.09. The number of nitrogen functional groups attached to an aromatic ring is 1. The van der Waals surface area contributed by atoms with Crippen LogP contribution < -0.4 is 5.73 Å². The molecule has 0 spiro atoms. The summed E-state index contributed by atoms with van der Waals surface area (Å²) in [6.07, 6.45) is 0. The zero-order valence-corrected chi connectivity index (χ0v) is 9.23. The fourth-order valence-corrected chi connectivity index (χ4v) is 2.51. The van der Waals surface area contributed by atoms with E-state index in [1.807, 2.05) is 24.3 Å². The Hall–Kier alpha value is -0.800. The number of thiophene rings is 1. The van der Waals surface area contributed by atoms with Crippen LogP contribution in [0.2, 0.25) is 0 Å². The lowest BCUT2D eigenvalue weighted by atomic mass is 10.2. The van der Waals surface area contributed by atoms with E-state index in [2.05, 4.69) is 27.4 Å². The normalized spacial score (nSPS) is 10.2. The van der Waals surface area contributed by atoms with Crippen molar-refractivity contribution in [3.05, 3.63) is 40.2 Å². The molecule has 1 heterocycles. The van der Waals surface area contributed by atoms with Gasteiger partial charge in [-0.05, 0) is 29.6 Å². The van der Waals surface area contributed by atoms with Crippen molar-refractivity contribution >= 4 is 33.0 Å². The summed E-state index contributed by atoms with van der Waals surface area (Å²) in [7, 11) is 0. The first-order valence-corrected chi connectivity index (χ1v) is 5.53. The highest BCUT2D eigenvalue weighted by molar-refractivity contribution is 9.10. The second-order valence-electron chi connectivity index (χ2n) is 2.72. The predicted octanol–water partition coefficient (Wildman–Crippen LogP) is 3.76.